The first kappa shape index (κ1) is 18.8. The molecule has 0 saturated heterocycles. The van der Waals surface area contributed by atoms with Crippen molar-refractivity contribution in [3.8, 4) is 11.5 Å². The standard InChI is InChI=1S/C19H16F3NO4/c1-18(2)9-14(11-4-6-15(23-10-11)17(24)25-3)13-8-12(26-19(20,21)22)5-7-16(13)27-18/h4-10H,1-3H3. The van der Waals surface area contributed by atoms with E-state index in [1.807, 2.05) is 13.8 Å². The molecule has 0 unspecified atom stereocenters. The molecule has 1 aliphatic heterocycles. The number of carbonyl (C=O) groups is 1. The molecule has 1 aromatic heterocycles. The van der Waals surface area contributed by atoms with E-state index in [2.05, 4.69) is 14.5 Å². The second kappa shape index (κ2) is 6.61. The van der Waals surface area contributed by atoms with Crippen molar-refractivity contribution >= 4 is 11.5 Å². The number of pyridine rings is 1. The topological polar surface area (TPSA) is 57.7 Å². The first-order chi connectivity index (χ1) is 12.6. The third-order valence-corrected chi connectivity index (χ3v) is 3.81. The van der Waals surface area contributed by atoms with E-state index in [1.54, 1.807) is 12.1 Å². The first-order valence-electron chi connectivity index (χ1n) is 7.95. The van der Waals surface area contributed by atoms with Crippen LogP contribution in [0.25, 0.3) is 5.57 Å². The predicted molar refractivity (Wildman–Crippen MR) is 90.5 cm³/mol. The number of fused-ring (bicyclic) bond motifs is 1. The van der Waals surface area contributed by atoms with E-state index in [0.717, 1.165) is 0 Å². The van der Waals surface area contributed by atoms with Crippen molar-refractivity contribution in [3.63, 3.8) is 0 Å². The average Bonchev–Trinajstić information content (AvgIpc) is 2.59. The monoisotopic (exact) mass is 379 g/mol. The van der Waals surface area contributed by atoms with Gasteiger partial charge in [-0.1, -0.05) is 6.07 Å². The summed E-state index contributed by atoms with van der Waals surface area (Å²) in [6.45, 7) is 3.65. The number of esters is 1. The normalized spacial score (nSPS) is 15.3. The van der Waals surface area contributed by atoms with Crippen LogP contribution in [0.2, 0.25) is 0 Å². The van der Waals surface area contributed by atoms with Crippen LogP contribution >= 0.6 is 0 Å². The Hall–Kier alpha value is -3.03. The zero-order chi connectivity index (χ0) is 19.8. The highest BCUT2D eigenvalue weighted by Crippen LogP contribution is 2.41. The maximum atomic E-state index is 12.5. The van der Waals surface area contributed by atoms with Gasteiger partial charge in [-0.25, -0.2) is 9.78 Å². The summed E-state index contributed by atoms with van der Waals surface area (Å²) in [4.78, 5) is 15.6. The van der Waals surface area contributed by atoms with Crippen LogP contribution in [0.3, 0.4) is 0 Å². The fourth-order valence-corrected chi connectivity index (χ4v) is 2.76. The van der Waals surface area contributed by atoms with Crippen molar-refractivity contribution in [3.05, 3.63) is 59.4 Å². The van der Waals surface area contributed by atoms with Gasteiger partial charge in [0.05, 0.1) is 7.11 Å². The summed E-state index contributed by atoms with van der Waals surface area (Å²) < 4.78 is 52.1. The smallest absolute Gasteiger partial charge is 0.483 e. The SMILES string of the molecule is COC(=O)c1ccc(C2=CC(C)(C)Oc3ccc(OC(F)(F)F)cc32)cn1. The lowest BCUT2D eigenvalue weighted by Crippen LogP contribution is -2.29. The molecule has 0 spiro atoms. The number of hydrogen-bond donors (Lipinski definition) is 0. The van der Waals surface area contributed by atoms with E-state index in [4.69, 9.17) is 4.74 Å². The predicted octanol–water partition coefficient (Wildman–Crippen LogP) is 4.37. The number of rotatable bonds is 3. The van der Waals surface area contributed by atoms with Gasteiger partial charge in [-0.15, -0.1) is 13.2 Å². The summed E-state index contributed by atoms with van der Waals surface area (Å²) in [6.07, 6.45) is -1.56. The van der Waals surface area contributed by atoms with Crippen molar-refractivity contribution < 1.29 is 32.2 Å². The summed E-state index contributed by atoms with van der Waals surface area (Å²) in [7, 11) is 1.25. The Morgan fingerprint density at radius 2 is 1.93 bits per heavy atom. The fraction of sp³-hybridized carbons (Fsp3) is 0.263. The van der Waals surface area contributed by atoms with Crippen molar-refractivity contribution in [2.75, 3.05) is 7.11 Å². The van der Waals surface area contributed by atoms with Crippen LogP contribution in [-0.4, -0.2) is 30.0 Å². The average molecular weight is 379 g/mol. The number of alkyl halides is 3. The number of carbonyl (C=O) groups excluding carboxylic acids is 1. The maximum absolute atomic E-state index is 12.5. The Labute approximate surface area is 153 Å². The van der Waals surface area contributed by atoms with Gasteiger partial charge in [0.25, 0.3) is 0 Å². The maximum Gasteiger partial charge on any atom is 0.573 e. The summed E-state index contributed by atoms with van der Waals surface area (Å²) in [5, 5.41) is 0. The Morgan fingerprint density at radius 1 is 1.19 bits per heavy atom. The van der Waals surface area contributed by atoms with E-state index in [0.29, 0.717) is 22.4 Å². The Morgan fingerprint density at radius 3 is 2.52 bits per heavy atom. The molecule has 0 amide bonds. The molecule has 8 heteroatoms. The van der Waals surface area contributed by atoms with E-state index < -0.39 is 17.9 Å². The molecule has 0 aliphatic carbocycles. The zero-order valence-electron chi connectivity index (χ0n) is 14.8. The third kappa shape index (κ3) is 4.21. The number of nitrogens with zero attached hydrogens (tertiary/aromatic N) is 1. The van der Waals surface area contributed by atoms with Crippen LogP contribution in [-0.2, 0) is 4.74 Å². The first-order valence-corrected chi connectivity index (χ1v) is 7.95. The lowest BCUT2D eigenvalue weighted by Gasteiger charge is -2.31. The van der Waals surface area contributed by atoms with Crippen molar-refractivity contribution in [2.45, 2.75) is 25.8 Å². The minimum absolute atomic E-state index is 0.127. The molecular formula is C19H16F3NO4. The van der Waals surface area contributed by atoms with E-state index >= 15 is 0 Å². The zero-order valence-corrected chi connectivity index (χ0v) is 14.8. The molecule has 0 bridgehead atoms. The Bertz CT molecular complexity index is 902. The molecule has 142 valence electrons. The minimum Gasteiger partial charge on any atom is -0.483 e. The molecule has 5 nitrogen and oxygen atoms in total. The van der Waals surface area contributed by atoms with Gasteiger partial charge in [0, 0.05) is 17.3 Å². The summed E-state index contributed by atoms with van der Waals surface area (Å²) in [6, 6.07) is 7.03. The second-order valence-electron chi connectivity index (χ2n) is 6.39. The van der Waals surface area contributed by atoms with E-state index in [-0.39, 0.29) is 11.4 Å². The van der Waals surface area contributed by atoms with Gasteiger partial charge in [0.15, 0.2) is 0 Å². The van der Waals surface area contributed by atoms with E-state index in [9.17, 15) is 18.0 Å². The molecule has 3 rings (SSSR count). The second-order valence-corrected chi connectivity index (χ2v) is 6.39. The summed E-state index contributed by atoms with van der Waals surface area (Å²) >= 11 is 0. The van der Waals surface area contributed by atoms with Crippen LogP contribution in [0.5, 0.6) is 11.5 Å². The van der Waals surface area contributed by atoms with E-state index in [1.165, 1.54) is 37.6 Å². The highest BCUT2D eigenvalue weighted by atomic mass is 19.4. The van der Waals surface area contributed by atoms with Gasteiger partial charge in [0.2, 0.25) is 0 Å². The highest BCUT2D eigenvalue weighted by Gasteiger charge is 2.33. The Balaban J connectivity index is 2.05. The molecule has 2 heterocycles. The molecule has 0 N–H and O–H groups in total. The lowest BCUT2D eigenvalue weighted by atomic mass is 9.90. The number of ether oxygens (including phenoxy) is 3. The molecule has 1 aromatic carbocycles. The summed E-state index contributed by atoms with van der Waals surface area (Å²) in [5.74, 6) is -0.511. The lowest BCUT2D eigenvalue weighted by molar-refractivity contribution is -0.274. The van der Waals surface area contributed by atoms with Crippen LogP contribution in [0.15, 0.2) is 42.6 Å². The van der Waals surface area contributed by atoms with Crippen LogP contribution in [0.1, 0.15) is 35.5 Å². The molecule has 0 radical (unpaired) electrons. The van der Waals surface area contributed by atoms with Gasteiger partial charge < -0.3 is 14.2 Å². The quantitative estimate of drug-likeness (QED) is 0.742. The van der Waals surface area contributed by atoms with Crippen LogP contribution in [0, 0.1) is 0 Å². The third-order valence-electron chi connectivity index (χ3n) is 3.81. The highest BCUT2D eigenvalue weighted by molar-refractivity contribution is 5.89. The van der Waals surface area contributed by atoms with Crippen LogP contribution < -0.4 is 9.47 Å². The summed E-state index contributed by atoms with van der Waals surface area (Å²) in [5.41, 5.74) is 1.11. The van der Waals surface area contributed by atoms with Crippen molar-refractivity contribution in [1.82, 2.24) is 4.98 Å². The molecule has 27 heavy (non-hydrogen) atoms. The number of aromatic nitrogens is 1. The molecule has 0 fully saturated rings. The molecule has 2 aromatic rings. The molecule has 0 saturated carbocycles. The fourth-order valence-electron chi connectivity index (χ4n) is 2.76. The van der Waals surface area contributed by atoms with Crippen molar-refractivity contribution in [2.24, 2.45) is 0 Å². The minimum atomic E-state index is -4.80. The number of methoxy groups -OCH3 is 1. The van der Waals surface area contributed by atoms with Crippen LogP contribution in [0.4, 0.5) is 13.2 Å². The van der Waals surface area contributed by atoms with Gasteiger partial charge in [-0.2, -0.15) is 0 Å². The van der Waals surface area contributed by atoms with Gasteiger partial charge >= 0.3 is 12.3 Å². The van der Waals surface area contributed by atoms with Gasteiger partial charge in [0.1, 0.15) is 22.8 Å². The molecule has 1 aliphatic rings. The molecular weight excluding hydrogens is 363 g/mol. The number of benzene rings is 1. The van der Waals surface area contributed by atoms with Gasteiger partial charge in [-0.3, -0.25) is 0 Å². The Kier molecular flexibility index (Phi) is 4.59. The van der Waals surface area contributed by atoms with Crippen molar-refractivity contribution in [1.29, 1.82) is 0 Å². The molecule has 0 atom stereocenters. The largest absolute Gasteiger partial charge is 0.573 e. The number of halogens is 3. The number of hydrogen-bond acceptors (Lipinski definition) is 5. The van der Waals surface area contributed by atoms with Gasteiger partial charge in [-0.05, 0) is 49.8 Å².